The van der Waals surface area contributed by atoms with E-state index in [0.717, 1.165) is 5.56 Å². The Morgan fingerprint density at radius 2 is 2.04 bits per heavy atom. The maximum absolute atomic E-state index is 11.6. The van der Waals surface area contributed by atoms with Crippen LogP contribution in [0.15, 0.2) is 37.2 Å². The number of nitrogens with one attached hydrogen (secondary N) is 2. The number of hydrogen-bond acceptors (Lipinski definition) is 5. The number of carbonyl (C=O) groups excluding carboxylic acids is 1. The predicted molar refractivity (Wildman–Crippen MR) is 93.4 cm³/mol. The third-order valence-electron chi connectivity index (χ3n) is 3.26. The number of anilines is 1. The van der Waals surface area contributed by atoms with Crippen molar-refractivity contribution in [2.24, 2.45) is 0 Å². The second-order valence-corrected chi connectivity index (χ2v) is 5.40. The van der Waals surface area contributed by atoms with Gasteiger partial charge >= 0.3 is 0 Å². The van der Waals surface area contributed by atoms with E-state index in [4.69, 9.17) is 17.0 Å². The minimum atomic E-state index is -0.319. The van der Waals surface area contributed by atoms with E-state index in [1.165, 1.54) is 6.92 Å². The molecule has 1 aromatic carbocycles. The Morgan fingerprint density at radius 3 is 2.61 bits per heavy atom. The Hall–Kier alpha value is -2.53. The van der Waals surface area contributed by atoms with Crippen molar-refractivity contribution in [1.29, 1.82) is 5.41 Å². The maximum atomic E-state index is 11.6. The Kier molecular flexibility index (Phi) is 5.24. The fraction of sp³-hybridized carbons (Fsp3) is 0.176. The molecule has 2 N–H and O–H groups in total. The van der Waals surface area contributed by atoms with E-state index in [2.05, 4.69) is 21.9 Å². The van der Waals surface area contributed by atoms with Crippen LogP contribution in [-0.2, 0) is 4.79 Å². The number of ketones is 1. The van der Waals surface area contributed by atoms with Crippen LogP contribution in [0, 0.1) is 12.3 Å². The smallest absolute Gasteiger partial charge is 0.178 e. The van der Waals surface area contributed by atoms with Gasteiger partial charge in [0.05, 0.1) is 5.02 Å². The predicted octanol–water partition coefficient (Wildman–Crippen LogP) is 3.66. The molecule has 0 saturated carbocycles. The third kappa shape index (κ3) is 3.81. The van der Waals surface area contributed by atoms with E-state index in [0.29, 0.717) is 34.2 Å². The van der Waals surface area contributed by atoms with Crippen molar-refractivity contribution < 1.29 is 4.79 Å². The standard InChI is InChI=1S/C17H17ClN4O/c1-4-5-20-16-7-15(18)13(6-14(16)17(19)10(2)23)12-8-21-11(3)22-9-12/h4,6-9,19-20H,1,5H2,2-3H3. The van der Waals surface area contributed by atoms with Gasteiger partial charge in [0.25, 0.3) is 0 Å². The van der Waals surface area contributed by atoms with Gasteiger partial charge in [-0.05, 0) is 19.1 Å². The summed E-state index contributed by atoms with van der Waals surface area (Å²) in [6.07, 6.45) is 5.03. The number of aromatic nitrogens is 2. The number of benzene rings is 1. The third-order valence-corrected chi connectivity index (χ3v) is 3.57. The molecule has 2 aromatic rings. The van der Waals surface area contributed by atoms with E-state index in [1.807, 2.05) is 0 Å². The molecule has 0 atom stereocenters. The molecule has 0 aliphatic carbocycles. The average Bonchev–Trinajstić information content (AvgIpc) is 2.53. The summed E-state index contributed by atoms with van der Waals surface area (Å²) in [6, 6.07) is 3.42. The van der Waals surface area contributed by atoms with E-state index >= 15 is 0 Å². The summed E-state index contributed by atoms with van der Waals surface area (Å²) < 4.78 is 0. The molecule has 2 rings (SSSR count). The van der Waals surface area contributed by atoms with Gasteiger partial charge in [0.15, 0.2) is 5.78 Å². The van der Waals surface area contributed by atoms with Crippen LogP contribution in [0.1, 0.15) is 18.3 Å². The van der Waals surface area contributed by atoms with Crippen LogP contribution in [0.5, 0.6) is 0 Å². The molecule has 0 aliphatic heterocycles. The number of rotatable bonds is 6. The van der Waals surface area contributed by atoms with Crippen LogP contribution in [0.2, 0.25) is 5.02 Å². The van der Waals surface area contributed by atoms with Crippen molar-refractivity contribution in [1.82, 2.24) is 9.97 Å². The van der Waals surface area contributed by atoms with Gasteiger partial charge in [-0.15, -0.1) is 6.58 Å². The van der Waals surface area contributed by atoms with Crippen LogP contribution >= 0.6 is 11.6 Å². The highest BCUT2D eigenvalue weighted by molar-refractivity contribution is 6.45. The first-order valence-electron chi connectivity index (χ1n) is 7.01. The van der Waals surface area contributed by atoms with Crippen LogP contribution in [0.4, 0.5) is 5.69 Å². The zero-order chi connectivity index (χ0) is 17.0. The van der Waals surface area contributed by atoms with Crippen molar-refractivity contribution in [3.05, 3.63) is 53.6 Å². The molecule has 0 fully saturated rings. The summed E-state index contributed by atoms with van der Waals surface area (Å²) in [5.74, 6) is 0.339. The first-order valence-corrected chi connectivity index (χ1v) is 7.39. The van der Waals surface area contributed by atoms with Gasteiger partial charge in [-0.25, -0.2) is 9.97 Å². The number of aryl methyl sites for hydroxylation is 1. The van der Waals surface area contributed by atoms with Crippen molar-refractivity contribution in [3.63, 3.8) is 0 Å². The summed E-state index contributed by atoms with van der Waals surface area (Å²) >= 11 is 6.36. The zero-order valence-electron chi connectivity index (χ0n) is 13.0. The Labute approximate surface area is 139 Å². The van der Waals surface area contributed by atoms with Crippen LogP contribution in [0.3, 0.4) is 0 Å². The zero-order valence-corrected chi connectivity index (χ0v) is 13.7. The quantitative estimate of drug-likeness (QED) is 0.626. The molecule has 1 heterocycles. The normalized spacial score (nSPS) is 10.2. The second-order valence-electron chi connectivity index (χ2n) is 5.00. The number of carbonyl (C=O) groups is 1. The van der Waals surface area contributed by atoms with E-state index in [1.54, 1.807) is 37.5 Å². The van der Waals surface area contributed by atoms with Crippen molar-refractivity contribution in [2.75, 3.05) is 11.9 Å². The minimum absolute atomic E-state index is 0.0810. The van der Waals surface area contributed by atoms with Gasteiger partial charge in [0.2, 0.25) is 0 Å². The topological polar surface area (TPSA) is 78.7 Å². The van der Waals surface area contributed by atoms with Gasteiger partial charge in [-0.1, -0.05) is 17.7 Å². The molecule has 0 radical (unpaired) electrons. The summed E-state index contributed by atoms with van der Waals surface area (Å²) in [7, 11) is 0. The summed E-state index contributed by atoms with van der Waals surface area (Å²) in [5.41, 5.74) is 2.43. The molecule has 0 spiro atoms. The van der Waals surface area contributed by atoms with Gasteiger partial charge < -0.3 is 5.32 Å². The largest absolute Gasteiger partial charge is 0.381 e. The van der Waals surface area contributed by atoms with Gasteiger partial charge in [0, 0.05) is 48.2 Å². The lowest BCUT2D eigenvalue weighted by Crippen LogP contribution is -2.14. The molecule has 5 nitrogen and oxygen atoms in total. The van der Waals surface area contributed by atoms with Gasteiger partial charge in [-0.3, -0.25) is 10.2 Å². The first-order chi connectivity index (χ1) is 10.9. The number of Topliss-reactive ketones (excluding diaryl/α,β-unsaturated/α-hetero) is 1. The highest BCUT2D eigenvalue weighted by Gasteiger charge is 2.16. The molecular formula is C17H17ClN4O. The van der Waals surface area contributed by atoms with Crippen molar-refractivity contribution in [3.8, 4) is 11.1 Å². The van der Waals surface area contributed by atoms with E-state index in [9.17, 15) is 4.79 Å². The molecular weight excluding hydrogens is 312 g/mol. The lowest BCUT2D eigenvalue weighted by Gasteiger charge is -2.14. The van der Waals surface area contributed by atoms with Crippen LogP contribution < -0.4 is 5.32 Å². The van der Waals surface area contributed by atoms with Crippen molar-refractivity contribution >= 4 is 28.8 Å². The lowest BCUT2D eigenvalue weighted by molar-refractivity contribution is -0.111. The molecule has 1 aromatic heterocycles. The highest BCUT2D eigenvalue weighted by atomic mass is 35.5. The Morgan fingerprint density at radius 1 is 1.39 bits per heavy atom. The minimum Gasteiger partial charge on any atom is -0.381 e. The molecule has 118 valence electrons. The van der Waals surface area contributed by atoms with E-state index < -0.39 is 0 Å². The van der Waals surface area contributed by atoms with E-state index in [-0.39, 0.29) is 11.5 Å². The van der Waals surface area contributed by atoms with Crippen LogP contribution in [-0.4, -0.2) is 28.0 Å². The molecule has 6 heteroatoms. The molecule has 0 amide bonds. The Bertz CT molecular complexity index is 769. The van der Waals surface area contributed by atoms with Gasteiger partial charge in [0.1, 0.15) is 11.5 Å². The average molecular weight is 329 g/mol. The fourth-order valence-electron chi connectivity index (χ4n) is 2.05. The second kappa shape index (κ2) is 7.15. The summed E-state index contributed by atoms with van der Waals surface area (Å²) in [6.45, 7) is 7.31. The fourth-order valence-corrected chi connectivity index (χ4v) is 2.32. The monoisotopic (exact) mass is 328 g/mol. The summed E-state index contributed by atoms with van der Waals surface area (Å²) in [5, 5.41) is 11.6. The highest BCUT2D eigenvalue weighted by Crippen LogP contribution is 2.33. The summed E-state index contributed by atoms with van der Waals surface area (Å²) in [4.78, 5) is 19.9. The lowest BCUT2D eigenvalue weighted by atomic mass is 9.99. The number of nitrogens with zero attached hydrogens (tertiary/aromatic N) is 2. The van der Waals surface area contributed by atoms with Crippen LogP contribution in [0.25, 0.3) is 11.1 Å². The first kappa shape index (κ1) is 16.8. The molecule has 0 saturated heterocycles. The molecule has 0 bridgehead atoms. The maximum Gasteiger partial charge on any atom is 0.178 e. The van der Waals surface area contributed by atoms with Crippen molar-refractivity contribution in [2.45, 2.75) is 13.8 Å². The number of hydrogen-bond donors (Lipinski definition) is 2. The number of halogens is 1. The molecule has 0 aliphatic rings. The molecule has 0 unspecified atom stereocenters. The molecule has 23 heavy (non-hydrogen) atoms. The van der Waals surface area contributed by atoms with Gasteiger partial charge in [-0.2, -0.15) is 0 Å². The SMILES string of the molecule is C=CCNc1cc(Cl)c(-c2cnc(C)nc2)cc1C(=N)C(C)=O. The Balaban J connectivity index is 2.58.